The van der Waals surface area contributed by atoms with Gasteiger partial charge in [0.2, 0.25) is 11.8 Å². The molecule has 2 heterocycles. The first-order chi connectivity index (χ1) is 12.0. The Hall–Kier alpha value is -2.41. The third-order valence-corrected chi connectivity index (χ3v) is 5.31. The van der Waals surface area contributed by atoms with Crippen LogP contribution >= 0.6 is 0 Å². The molecule has 0 unspecified atom stereocenters. The predicted octanol–water partition coefficient (Wildman–Crippen LogP) is 1.39. The Bertz CT molecular complexity index is 732. The quantitative estimate of drug-likeness (QED) is 0.809. The summed E-state index contributed by atoms with van der Waals surface area (Å²) in [7, 11) is 0. The van der Waals surface area contributed by atoms with Crippen molar-refractivity contribution >= 4 is 23.4 Å². The van der Waals surface area contributed by atoms with Crippen LogP contribution in [0.25, 0.3) is 0 Å². The van der Waals surface area contributed by atoms with Crippen LogP contribution in [0.3, 0.4) is 0 Å². The minimum absolute atomic E-state index is 0.148. The van der Waals surface area contributed by atoms with E-state index in [0.717, 1.165) is 35.5 Å². The van der Waals surface area contributed by atoms with Gasteiger partial charge in [0.1, 0.15) is 0 Å². The molecule has 2 fully saturated rings. The highest BCUT2D eigenvalue weighted by Gasteiger charge is 2.39. The van der Waals surface area contributed by atoms with Crippen LogP contribution < -0.4 is 11.1 Å². The van der Waals surface area contributed by atoms with Crippen molar-refractivity contribution in [3.8, 4) is 0 Å². The van der Waals surface area contributed by atoms with Crippen molar-refractivity contribution in [1.82, 2.24) is 10.0 Å². The van der Waals surface area contributed by atoms with Crippen LogP contribution in [0.4, 0.5) is 5.69 Å². The second kappa shape index (κ2) is 6.15. The standard InChI is InChI=1S/C18H22N4O3/c19-14-3-1-4-15(14)20-12-7-8-13-11(9-12)10-21(18(13)25)22-16(23)5-2-6-17(22)24/h7-9,14-15,20H,1-6,10,19H2/t14-,15-/m0/s1. The van der Waals surface area contributed by atoms with Gasteiger partial charge < -0.3 is 11.1 Å². The number of imide groups is 1. The maximum absolute atomic E-state index is 12.6. The van der Waals surface area contributed by atoms with E-state index in [1.807, 2.05) is 12.1 Å². The van der Waals surface area contributed by atoms with Crippen LogP contribution in [0.5, 0.6) is 0 Å². The van der Waals surface area contributed by atoms with Gasteiger partial charge in [-0.1, -0.05) is 0 Å². The largest absolute Gasteiger partial charge is 0.381 e. The first-order valence-electron chi connectivity index (χ1n) is 8.87. The summed E-state index contributed by atoms with van der Waals surface area (Å²) in [5.74, 6) is -0.886. The van der Waals surface area contributed by atoms with Gasteiger partial charge in [0.15, 0.2) is 0 Å². The van der Waals surface area contributed by atoms with E-state index in [1.54, 1.807) is 6.07 Å². The number of amides is 3. The van der Waals surface area contributed by atoms with Crippen molar-refractivity contribution in [1.29, 1.82) is 0 Å². The second-order valence-electron chi connectivity index (χ2n) is 7.03. The van der Waals surface area contributed by atoms with Crippen molar-refractivity contribution in [3.05, 3.63) is 29.3 Å². The number of hydrogen-bond acceptors (Lipinski definition) is 5. The molecule has 1 saturated heterocycles. The lowest BCUT2D eigenvalue weighted by atomic mass is 10.1. The molecule has 1 aromatic rings. The summed E-state index contributed by atoms with van der Waals surface area (Å²) < 4.78 is 0. The van der Waals surface area contributed by atoms with E-state index in [0.29, 0.717) is 24.8 Å². The minimum atomic E-state index is -0.298. The fourth-order valence-electron chi connectivity index (χ4n) is 3.95. The molecule has 0 bridgehead atoms. The van der Waals surface area contributed by atoms with Gasteiger partial charge in [-0.05, 0) is 49.4 Å². The zero-order valence-corrected chi connectivity index (χ0v) is 14.0. The average molecular weight is 342 g/mol. The first kappa shape index (κ1) is 16.1. The molecule has 7 nitrogen and oxygen atoms in total. The van der Waals surface area contributed by atoms with E-state index in [4.69, 9.17) is 5.73 Å². The Balaban J connectivity index is 1.54. The SMILES string of the molecule is N[C@H]1CCC[C@@H]1Nc1ccc2c(c1)CN(N1C(=O)CCCC1=O)C2=O. The van der Waals surface area contributed by atoms with Crippen LogP contribution in [0.1, 0.15) is 54.4 Å². The van der Waals surface area contributed by atoms with Gasteiger partial charge in [-0.15, -0.1) is 0 Å². The molecule has 4 rings (SSSR count). The number of nitrogens with zero attached hydrogens (tertiary/aromatic N) is 2. The van der Waals surface area contributed by atoms with Crippen molar-refractivity contribution in [2.75, 3.05) is 5.32 Å². The summed E-state index contributed by atoms with van der Waals surface area (Å²) in [6.45, 7) is 0.248. The zero-order valence-electron chi connectivity index (χ0n) is 14.0. The molecular formula is C18H22N4O3. The van der Waals surface area contributed by atoms with Gasteiger partial charge in [-0.3, -0.25) is 14.4 Å². The third-order valence-electron chi connectivity index (χ3n) is 5.31. The molecule has 25 heavy (non-hydrogen) atoms. The molecule has 3 amide bonds. The highest BCUT2D eigenvalue weighted by Crippen LogP contribution is 2.30. The topological polar surface area (TPSA) is 95.7 Å². The molecule has 0 aromatic heterocycles. The lowest BCUT2D eigenvalue weighted by Gasteiger charge is -2.32. The summed E-state index contributed by atoms with van der Waals surface area (Å²) >= 11 is 0. The number of rotatable bonds is 3. The van der Waals surface area contributed by atoms with Crippen LogP contribution in [0.15, 0.2) is 18.2 Å². The Morgan fingerprint density at radius 2 is 1.80 bits per heavy atom. The van der Waals surface area contributed by atoms with Gasteiger partial charge >= 0.3 is 0 Å². The molecule has 3 aliphatic rings. The number of nitrogens with two attached hydrogens (primary N) is 1. The van der Waals surface area contributed by atoms with E-state index in [1.165, 1.54) is 5.01 Å². The number of hydrogen-bond donors (Lipinski definition) is 2. The molecule has 0 radical (unpaired) electrons. The number of carbonyl (C=O) groups is 3. The van der Waals surface area contributed by atoms with E-state index in [-0.39, 0.29) is 36.3 Å². The lowest BCUT2D eigenvalue weighted by Crippen LogP contribution is -2.51. The van der Waals surface area contributed by atoms with Crippen LogP contribution in [-0.2, 0) is 16.1 Å². The second-order valence-corrected chi connectivity index (χ2v) is 7.03. The van der Waals surface area contributed by atoms with Crippen molar-refractivity contribution < 1.29 is 14.4 Å². The maximum Gasteiger partial charge on any atom is 0.273 e. The Morgan fingerprint density at radius 3 is 2.48 bits per heavy atom. The smallest absolute Gasteiger partial charge is 0.273 e. The van der Waals surface area contributed by atoms with E-state index < -0.39 is 0 Å². The van der Waals surface area contributed by atoms with Gasteiger partial charge in [0, 0.05) is 36.2 Å². The Labute approximate surface area is 146 Å². The number of fused-ring (bicyclic) bond motifs is 1. The Kier molecular flexibility index (Phi) is 3.95. The van der Waals surface area contributed by atoms with E-state index >= 15 is 0 Å². The van der Waals surface area contributed by atoms with E-state index in [9.17, 15) is 14.4 Å². The molecule has 1 aromatic carbocycles. The van der Waals surface area contributed by atoms with Crippen molar-refractivity contribution in [2.45, 2.75) is 57.2 Å². The van der Waals surface area contributed by atoms with Crippen LogP contribution in [0, 0.1) is 0 Å². The van der Waals surface area contributed by atoms with Gasteiger partial charge in [-0.25, -0.2) is 5.01 Å². The fraction of sp³-hybridized carbons (Fsp3) is 0.500. The molecule has 2 aliphatic heterocycles. The molecular weight excluding hydrogens is 320 g/mol. The van der Waals surface area contributed by atoms with Gasteiger partial charge in [0.05, 0.1) is 6.54 Å². The fourth-order valence-corrected chi connectivity index (χ4v) is 3.95. The summed E-state index contributed by atoms with van der Waals surface area (Å²) in [4.78, 5) is 36.8. The zero-order chi connectivity index (χ0) is 17.6. The van der Waals surface area contributed by atoms with Crippen molar-refractivity contribution in [2.24, 2.45) is 5.73 Å². The van der Waals surface area contributed by atoms with Crippen molar-refractivity contribution in [3.63, 3.8) is 0 Å². The van der Waals surface area contributed by atoms with Gasteiger partial charge in [-0.2, -0.15) is 5.01 Å². The number of piperidine rings is 1. The van der Waals surface area contributed by atoms with Crippen LogP contribution in [-0.4, -0.2) is 39.8 Å². The summed E-state index contributed by atoms with van der Waals surface area (Å²) in [6, 6.07) is 5.95. The van der Waals surface area contributed by atoms with Crippen LogP contribution in [0.2, 0.25) is 0 Å². The minimum Gasteiger partial charge on any atom is -0.381 e. The molecule has 7 heteroatoms. The van der Waals surface area contributed by atoms with E-state index in [2.05, 4.69) is 5.32 Å². The average Bonchev–Trinajstić information content (AvgIpc) is 3.12. The predicted molar refractivity (Wildman–Crippen MR) is 91.3 cm³/mol. The number of carbonyl (C=O) groups excluding carboxylic acids is 3. The number of benzene rings is 1. The lowest BCUT2D eigenvalue weighted by molar-refractivity contribution is -0.163. The molecule has 2 atom stereocenters. The molecule has 1 saturated carbocycles. The monoisotopic (exact) mass is 342 g/mol. The Morgan fingerprint density at radius 1 is 1.04 bits per heavy atom. The highest BCUT2D eigenvalue weighted by molar-refractivity contribution is 6.04. The normalized spacial score (nSPS) is 26.4. The summed E-state index contributed by atoms with van der Waals surface area (Å²) in [6.07, 6.45) is 4.35. The molecule has 0 spiro atoms. The molecule has 1 aliphatic carbocycles. The third kappa shape index (κ3) is 2.78. The molecule has 3 N–H and O–H groups in total. The number of nitrogens with one attached hydrogen (secondary N) is 1. The molecule has 132 valence electrons. The maximum atomic E-state index is 12.6. The van der Waals surface area contributed by atoms with Gasteiger partial charge in [0.25, 0.3) is 5.91 Å². The highest BCUT2D eigenvalue weighted by atomic mass is 16.2. The number of anilines is 1. The summed E-state index contributed by atoms with van der Waals surface area (Å²) in [5.41, 5.74) is 8.40. The summed E-state index contributed by atoms with van der Waals surface area (Å²) in [5, 5.41) is 5.76. The number of hydrazine groups is 1. The first-order valence-corrected chi connectivity index (χ1v) is 8.87.